The molecule has 0 fully saturated rings. The maximum Gasteiger partial charge on any atom is 0.421 e. The monoisotopic (exact) mass is 417 g/mol. The van der Waals surface area contributed by atoms with E-state index in [1.807, 2.05) is 0 Å². The number of alkyl halides is 7. The van der Waals surface area contributed by atoms with Crippen LogP contribution in [0.2, 0.25) is 10.0 Å². The molecule has 0 heterocycles. The van der Waals surface area contributed by atoms with Crippen molar-refractivity contribution in [1.82, 2.24) is 0 Å². The van der Waals surface area contributed by atoms with Gasteiger partial charge in [0.25, 0.3) is 10.2 Å². The van der Waals surface area contributed by atoms with E-state index in [2.05, 4.69) is 0 Å². The van der Waals surface area contributed by atoms with E-state index < -0.39 is 28.3 Å². The van der Waals surface area contributed by atoms with Crippen molar-refractivity contribution < 1.29 is 31.1 Å². The number of amides is 1. The van der Waals surface area contributed by atoms with Crippen molar-refractivity contribution in [2.45, 2.75) is 16.7 Å². The molecule has 1 rings (SSSR count). The molecule has 0 aliphatic carbocycles. The summed E-state index contributed by atoms with van der Waals surface area (Å²) in [7, 11) is 0. The van der Waals surface area contributed by atoms with Crippen LogP contribution in [0, 0.1) is 0 Å². The average Bonchev–Trinajstić information content (AvgIpc) is 2.29. The summed E-state index contributed by atoms with van der Waals surface area (Å²) in [6, 6.07) is 3.58. The minimum atomic E-state index is -5.93. The number of para-hydroxylation sites is 1. The smallest absolute Gasteiger partial charge is 0.322 e. The Bertz CT molecular complexity index is 525. The van der Waals surface area contributed by atoms with Gasteiger partial charge in [-0.2, -0.15) is 26.3 Å². The van der Waals surface area contributed by atoms with Crippen molar-refractivity contribution in [3.63, 3.8) is 0 Å². The normalized spacial score (nSPS) is 13.2. The van der Waals surface area contributed by atoms with Crippen LogP contribution in [0.5, 0.6) is 0 Å². The first-order chi connectivity index (χ1) is 9.32. The van der Waals surface area contributed by atoms with Crippen LogP contribution in [-0.2, 0) is 4.79 Å². The first-order valence-electron chi connectivity index (χ1n) is 4.90. The van der Waals surface area contributed by atoms with Crippen LogP contribution in [-0.4, -0.2) is 22.6 Å². The fraction of sp³-hybridized carbons (Fsp3) is 0.300. The van der Waals surface area contributed by atoms with Gasteiger partial charge in [-0.25, -0.2) is 0 Å². The molecule has 11 heteroatoms. The Balaban J connectivity index is 3.28. The molecule has 21 heavy (non-hydrogen) atoms. The van der Waals surface area contributed by atoms with Gasteiger partial charge >= 0.3 is 12.4 Å². The molecule has 0 saturated heterocycles. The average molecular weight is 419 g/mol. The summed E-state index contributed by atoms with van der Waals surface area (Å²) in [6.07, 6.45) is -11.9. The Morgan fingerprint density at radius 3 is 1.71 bits per heavy atom. The van der Waals surface area contributed by atoms with E-state index in [0.717, 1.165) is 12.1 Å². The summed E-state index contributed by atoms with van der Waals surface area (Å²) in [6.45, 7) is 0. The van der Waals surface area contributed by atoms with Gasteiger partial charge in [-0.15, -0.1) is 0 Å². The fourth-order valence-electron chi connectivity index (χ4n) is 1.24. The SMILES string of the molecule is O=C(Nc1c(Cl)cccc1Cl)C(Br)(C(F)(F)F)C(F)(F)F. The molecule has 1 aromatic rings. The highest BCUT2D eigenvalue weighted by Gasteiger charge is 2.74. The van der Waals surface area contributed by atoms with E-state index in [1.165, 1.54) is 27.3 Å². The fourth-order valence-corrected chi connectivity index (χ4v) is 1.83. The first-order valence-corrected chi connectivity index (χ1v) is 6.45. The lowest BCUT2D eigenvalue weighted by atomic mass is 10.1. The van der Waals surface area contributed by atoms with E-state index in [1.54, 1.807) is 0 Å². The second-order valence-corrected chi connectivity index (χ2v) is 5.71. The largest absolute Gasteiger partial charge is 0.421 e. The lowest BCUT2D eigenvalue weighted by Gasteiger charge is -2.30. The number of anilines is 1. The third-order valence-electron chi connectivity index (χ3n) is 2.30. The molecule has 0 atom stereocenters. The van der Waals surface area contributed by atoms with E-state index in [0.29, 0.717) is 0 Å². The van der Waals surface area contributed by atoms with Gasteiger partial charge in [0.2, 0.25) is 0 Å². The molecule has 0 unspecified atom stereocenters. The maximum atomic E-state index is 12.7. The standard InChI is InChI=1S/C10H4BrCl2F6NO/c11-8(9(14,15)16,10(17,18)19)7(21)20-6-4(12)2-1-3-5(6)13/h1-3H,(H,20,21). The number of hydrogen-bond donors (Lipinski definition) is 1. The second-order valence-electron chi connectivity index (χ2n) is 3.70. The summed E-state index contributed by atoms with van der Waals surface area (Å²) in [5.74, 6) is -2.41. The minimum absolute atomic E-state index is 0.310. The zero-order valence-corrected chi connectivity index (χ0v) is 12.6. The van der Waals surface area contributed by atoms with Crippen molar-refractivity contribution >= 4 is 50.7 Å². The Morgan fingerprint density at radius 2 is 1.38 bits per heavy atom. The summed E-state index contributed by atoms with van der Waals surface area (Å²) in [5, 5.41) is 0.822. The molecule has 0 radical (unpaired) electrons. The Hall–Kier alpha value is -0.670. The summed E-state index contributed by atoms with van der Waals surface area (Å²) < 4.78 is 71.2. The van der Waals surface area contributed by atoms with Crippen LogP contribution >= 0.6 is 39.1 Å². The summed E-state index contributed by atoms with van der Waals surface area (Å²) >= 11 is 12.6. The molecular weight excluding hydrogens is 415 g/mol. The number of hydrogen-bond acceptors (Lipinski definition) is 1. The summed E-state index contributed by atoms with van der Waals surface area (Å²) in [5.41, 5.74) is -0.553. The molecule has 118 valence electrons. The highest BCUT2D eigenvalue weighted by Crippen LogP contribution is 2.50. The van der Waals surface area contributed by atoms with Gasteiger partial charge in [0, 0.05) is 0 Å². The first kappa shape index (κ1) is 18.4. The number of benzene rings is 1. The van der Waals surface area contributed by atoms with Gasteiger partial charge in [-0.3, -0.25) is 4.79 Å². The number of nitrogens with one attached hydrogen (secondary N) is 1. The molecule has 0 aliphatic heterocycles. The quantitative estimate of drug-likeness (QED) is 0.519. The Labute approximate surface area is 132 Å². The number of carbonyl (C=O) groups is 1. The van der Waals surface area contributed by atoms with Crippen molar-refractivity contribution in [3.8, 4) is 0 Å². The highest BCUT2D eigenvalue weighted by atomic mass is 79.9. The Morgan fingerprint density at radius 1 is 1.00 bits per heavy atom. The van der Waals surface area contributed by atoms with Crippen molar-refractivity contribution in [1.29, 1.82) is 0 Å². The van der Waals surface area contributed by atoms with E-state index in [9.17, 15) is 31.1 Å². The maximum absolute atomic E-state index is 12.7. The number of rotatable bonds is 2. The highest BCUT2D eigenvalue weighted by molar-refractivity contribution is 9.10. The lowest BCUT2D eigenvalue weighted by Crippen LogP contribution is -2.59. The van der Waals surface area contributed by atoms with Crippen LogP contribution in [0.1, 0.15) is 0 Å². The minimum Gasteiger partial charge on any atom is -0.322 e. The third kappa shape index (κ3) is 3.40. The molecular formula is C10H4BrCl2F6NO. The van der Waals surface area contributed by atoms with Gasteiger partial charge in [0.1, 0.15) is 0 Å². The van der Waals surface area contributed by atoms with Gasteiger partial charge in [-0.05, 0) is 12.1 Å². The van der Waals surface area contributed by atoms with Crippen molar-refractivity contribution in [2.75, 3.05) is 5.32 Å². The molecule has 0 spiro atoms. The van der Waals surface area contributed by atoms with Crippen molar-refractivity contribution in [3.05, 3.63) is 28.2 Å². The number of carbonyl (C=O) groups excluding carboxylic acids is 1. The van der Waals surface area contributed by atoms with Gasteiger partial charge in [0.15, 0.2) is 0 Å². The van der Waals surface area contributed by atoms with Gasteiger partial charge < -0.3 is 5.32 Å². The molecule has 0 bridgehead atoms. The zero-order valence-electron chi connectivity index (χ0n) is 9.54. The van der Waals surface area contributed by atoms with Crippen molar-refractivity contribution in [2.24, 2.45) is 0 Å². The molecule has 0 saturated carbocycles. The molecule has 2 nitrogen and oxygen atoms in total. The van der Waals surface area contributed by atoms with Crippen LogP contribution in [0.4, 0.5) is 32.0 Å². The lowest BCUT2D eigenvalue weighted by molar-refractivity contribution is -0.253. The van der Waals surface area contributed by atoms with Crippen LogP contribution < -0.4 is 5.32 Å². The third-order valence-corrected chi connectivity index (χ3v) is 4.18. The molecule has 0 aliphatic rings. The van der Waals surface area contributed by atoms with Gasteiger partial charge in [0.05, 0.1) is 15.7 Å². The van der Waals surface area contributed by atoms with E-state index in [4.69, 9.17) is 23.2 Å². The Kier molecular flexibility index (Phi) is 5.12. The van der Waals surface area contributed by atoms with Crippen LogP contribution in [0.15, 0.2) is 18.2 Å². The van der Waals surface area contributed by atoms with Crippen LogP contribution in [0.3, 0.4) is 0 Å². The van der Waals surface area contributed by atoms with E-state index >= 15 is 0 Å². The number of halogens is 9. The zero-order chi connectivity index (χ0) is 16.6. The van der Waals surface area contributed by atoms with Gasteiger partial charge in [-0.1, -0.05) is 45.2 Å². The molecule has 0 aromatic heterocycles. The topological polar surface area (TPSA) is 29.1 Å². The second kappa shape index (κ2) is 5.85. The molecule has 1 amide bonds. The van der Waals surface area contributed by atoms with Crippen LogP contribution in [0.25, 0.3) is 0 Å². The summed E-state index contributed by atoms with van der Waals surface area (Å²) in [4.78, 5) is 11.5. The predicted molar refractivity (Wildman–Crippen MR) is 68.9 cm³/mol. The molecule has 1 aromatic carbocycles. The predicted octanol–water partition coefficient (Wildman–Crippen LogP) is 5.19. The molecule has 1 N–H and O–H groups in total. The van der Waals surface area contributed by atoms with E-state index in [-0.39, 0.29) is 10.0 Å².